The Kier molecular flexibility index (Phi) is 5.15. The first-order chi connectivity index (χ1) is 14.2. The lowest BCUT2D eigenvalue weighted by Gasteiger charge is -2.34. The number of hydrogen-bond acceptors (Lipinski definition) is 7. The number of anilines is 1. The average Bonchev–Trinajstić information content (AvgIpc) is 3.28. The Morgan fingerprint density at radius 1 is 0.933 bits per heavy atom. The highest BCUT2D eigenvalue weighted by molar-refractivity contribution is 7.89. The van der Waals surface area contributed by atoms with Gasteiger partial charge in [0.25, 0.3) is 0 Å². The van der Waals surface area contributed by atoms with Gasteiger partial charge in [-0.25, -0.2) is 28.1 Å². The highest BCUT2D eigenvalue weighted by atomic mass is 32.2. The van der Waals surface area contributed by atoms with E-state index in [1.807, 2.05) is 4.90 Å². The smallest absolute Gasteiger partial charge is 0.354 e. The lowest BCUT2D eigenvalue weighted by atomic mass is 10.2. The zero-order valence-corrected chi connectivity index (χ0v) is 16.3. The molecule has 3 heterocycles. The first-order valence-corrected chi connectivity index (χ1v) is 10.3. The zero-order chi connectivity index (χ0) is 21.4. The van der Waals surface area contributed by atoms with Crippen LogP contribution in [0, 0.1) is 0 Å². The summed E-state index contributed by atoms with van der Waals surface area (Å²) in [5.74, 6) is 1.10. The summed E-state index contributed by atoms with van der Waals surface area (Å²) in [6, 6.07) is 5.48. The molecule has 4 rings (SSSR count). The van der Waals surface area contributed by atoms with Gasteiger partial charge in [-0.15, -0.1) is 0 Å². The first kappa shape index (κ1) is 20.2. The first-order valence-electron chi connectivity index (χ1n) is 8.84. The van der Waals surface area contributed by atoms with E-state index in [0.717, 1.165) is 12.1 Å². The van der Waals surface area contributed by atoms with Crippen molar-refractivity contribution < 1.29 is 21.6 Å². The second kappa shape index (κ2) is 7.65. The normalized spacial score (nSPS) is 16.0. The van der Waals surface area contributed by atoms with Gasteiger partial charge in [0.05, 0.1) is 10.5 Å². The Hall–Kier alpha value is -3.06. The van der Waals surface area contributed by atoms with Crippen molar-refractivity contribution in [1.82, 2.24) is 29.0 Å². The van der Waals surface area contributed by atoms with Crippen molar-refractivity contribution in [2.24, 2.45) is 0 Å². The predicted octanol–water partition coefficient (Wildman–Crippen LogP) is 1.59. The molecule has 30 heavy (non-hydrogen) atoms. The van der Waals surface area contributed by atoms with E-state index in [1.165, 1.54) is 34.0 Å². The van der Waals surface area contributed by atoms with E-state index in [0.29, 0.717) is 30.8 Å². The van der Waals surface area contributed by atoms with Crippen molar-refractivity contribution >= 4 is 15.8 Å². The Balaban J connectivity index is 1.49. The second-order valence-corrected chi connectivity index (χ2v) is 8.43. The monoisotopic (exact) mass is 439 g/mol. The third-order valence-corrected chi connectivity index (χ3v) is 6.55. The molecule has 1 aliphatic rings. The largest absolute Gasteiger partial charge is 0.416 e. The van der Waals surface area contributed by atoms with E-state index in [1.54, 1.807) is 6.07 Å². The van der Waals surface area contributed by atoms with Crippen molar-refractivity contribution in [2.75, 3.05) is 31.1 Å². The number of benzene rings is 1. The molecule has 13 heteroatoms. The number of rotatable bonds is 4. The van der Waals surface area contributed by atoms with Crippen LogP contribution in [-0.4, -0.2) is 63.6 Å². The fraction of sp³-hybridized carbons (Fsp3) is 0.294. The van der Waals surface area contributed by atoms with E-state index in [-0.39, 0.29) is 18.0 Å². The van der Waals surface area contributed by atoms with Crippen LogP contribution in [0.3, 0.4) is 0 Å². The van der Waals surface area contributed by atoms with Crippen molar-refractivity contribution in [2.45, 2.75) is 11.1 Å². The van der Waals surface area contributed by atoms with Gasteiger partial charge in [-0.2, -0.15) is 22.6 Å². The highest BCUT2D eigenvalue weighted by Gasteiger charge is 2.34. The molecule has 0 N–H and O–H groups in total. The summed E-state index contributed by atoms with van der Waals surface area (Å²) in [5.41, 5.74) is -0.996. The van der Waals surface area contributed by atoms with Gasteiger partial charge >= 0.3 is 6.18 Å². The molecule has 0 radical (unpaired) electrons. The standard InChI is InChI=1S/C17H16F3N7O2S/c18-17(19,20)13-2-1-3-14(8-13)30(28,29)26-6-4-25(5-7-26)15-9-16(23-11-22-15)27-12-21-10-24-27/h1-3,8-12H,4-7H2. The molecule has 3 aromatic rings. The maximum atomic E-state index is 12.9. The van der Waals surface area contributed by atoms with Crippen molar-refractivity contribution in [3.8, 4) is 5.82 Å². The number of piperazine rings is 1. The number of sulfonamides is 1. The zero-order valence-electron chi connectivity index (χ0n) is 15.4. The second-order valence-electron chi connectivity index (χ2n) is 6.49. The van der Waals surface area contributed by atoms with Gasteiger partial charge in [-0.3, -0.25) is 0 Å². The van der Waals surface area contributed by atoms with Gasteiger partial charge in [0.2, 0.25) is 10.0 Å². The SMILES string of the molecule is O=S(=O)(c1cccc(C(F)(F)F)c1)N1CCN(c2cc(-n3cncn3)ncn2)CC1. The highest BCUT2D eigenvalue weighted by Crippen LogP contribution is 2.31. The Bertz CT molecular complexity index is 1130. The molecular formula is C17H16F3N7O2S. The number of alkyl halides is 3. The summed E-state index contributed by atoms with van der Waals surface area (Å²) in [5, 5.41) is 4.00. The van der Waals surface area contributed by atoms with Crippen LogP contribution in [0.4, 0.5) is 19.0 Å². The van der Waals surface area contributed by atoms with Crippen LogP contribution in [0.1, 0.15) is 5.56 Å². The van der Waals surface area contributed by atoms with E-state index in [4.69, 9.17) is 0 Å². The molecule has 1 aliphatic heterocycles. The molecule has 1 saturated heterocycles. The van der Waals surface area contributed by atoms with Gasteiger partial charge < -0.3 is 4.90 Å². The van der Waals surface area contributed by atoms with Crippen LogP contribution in [0.15, 0.2) is 54.2 Å². The van der Waals surface area contributed by atoms with E-state index < -0.39 is 21.8 Å². The molecule has 0 spiro atoms. The molecule has 1 aromatic carbocycles. The number of aromatic nitrogens is 5. The van der Waals surface area contributed by atoms with E-state index in [2.05, 4.69) is 20.1 Å². The summed E-state index contributed by atoms with van der Waals surface area (Å²) in [7, 11) is -4.04. The summed E-state index contributed by atoms with van der Waals surface area (Å²) >= 11 is 0. The fourth-order valence-electron chi connectivity index (χ4n) is 3.10. The van der Waals surface area contributed by atoms with E-state index in [9.17, 15) is 21.6 Å². The quantitative estimate of drug-likeness (QED) is 0.609. The van der Waals surface area contributed by atoms with Crippen LogP contribution >= 0.6 is 0 Å². The van der Waals surface area contributed by atoms with E-state index >= 15 is 0 Å². The average molecular weight is 439 g/mol. The Labute approximate surface area is 169 Å². The van der Waals surface area contributed by atoms with Gasteiger partial charge in [-0.1, -0.05) is 6.07 Å². The van der Waals surface area contributed by atoms with Gasteiger partial charge in [0.15, 0.2) is 5.82 Å². The number of nitrogens with zero attached hydrogens (tertiary/aromatic N) is 7. The van der Waals surface area contributed by atoms with Crippen molar-refractivity contribution in [1.29, 1.82) is 0 Å². The molecule has 0 saturated carbocycles. The lowest BCUT2D eigenvalue weighted by Crippen LogP contribution is -2.49. The molecule has 2 aromatic heterocycles. The minimum absolute atomic E-state index is 0.112. The summed E-state index contributed by atoms with van der Waals surface area (Å²) in [6.07, 6.45) is -0.373. The Morgan fingerprint density at radius 2 is 1.67 bits per heavy atom. The van der Waals surface area contributed by atoms with Crippen LogP contribution in [-0.2, 0) is 16.2 Å². The third kappa shape index (κ3) is 3.98. The molecule has 0 atom stereocenters. The fourth-order valence-corrected chi connectivity index (χ4v) is 4.57. The van der Waals surface area contributed by atoms with Crippen LogP contribution in [0.2, 0.25) is 0 Å². The summed E-state index contributed by atoms with van der Waals surface area (Å²) in [6.45, 7) is 0.875. The molecule has 0 amide bonds. The van der Waals surface area contributed by atoms with Crippen LogP contribution in [0.5, 0.6) is 0 Å². The molecule has 0 aliphatic carbocycles. The third-order valence-electron chi connectivity index (χ3n) is 4.65. The lowest BCUT2D eigenvalue weighted by molar-refractivity contribution is -0.137. The molecule has 0 unspecified atom stereocenters. The maximum Gasteiger partial charge on any atom is 0.416 e. The minimum Gasteiger partial charge on any atom is -0.354 e. The Morgan fingerprint density at radius 3 is 2.33 bits per heavy atom. The topological polar surface area (TPSA) is 97.1 Å². The molecular weight excluding hydrogens is 423 g/mol. The molecule has 9 nitrogen and oxygen atoms in total. The predicted molar refractivity (Wildman–Crippen MR) is 99.4 cm³/mol. The van der Waals surface area contributed by atoms with Gasteiger partial charge in [0, 0.05) is 32.2 Å². The number of halogens is 3. The summed E-state index contributed by atoms with van der Waals surface area (Å²) < 4.78 is 67.1. The van der Waals surface area contributed by atoms with Crippen LogP contribution < -0.4 is 4.90 Å². The molecule has 1 fully saturated rings. The van der Waals surface area contributed by atoms with Crippen molar-refractivity contribution in [3.63, 3.8) is 0 Å². The maximum absolute atomic E-state index is 12.9. The van der Waals surface area contributed by atoms with Gasteiger partial charge in [0.1, 0.15) is 24.8 Å². The van der Waals surface area contributed by atoms with Crippen LogP contribution in [0.25, 0.3) is 5.82 Å². The minimum atomic E-state index is -4.61. The molecule has 0 bridgehead atoms. The van der Waals surface area contributed by atoms with Crippen molar-refractivity contribution in [3.05, 3.63) is 54.9 Å². The summed E-state index contributed by atoms with van der Waals surface area (Å²) in [4.78, 5) is 13.7. The van der Waals surface area contributed by atoms with Gasteiger partial charge in [-0.05, 0) is 18.2 Å². The number of hydrogen-bond donors (Lipinski definition) is 0. The molecule has 158 valence electrons.